The van der Waals surface area contributed by atoms with Crippen molar-refractivity contribution in [3.05, 3.63) is 23.3 Å². The Morgan fingerprint density at radius 3 is 2.74 bits per heavy atom. The predicted octanol–water partition coefficient (Wildman–Crippen LogP) is 2.02. The molecule has 19 heavy (non-hydrogen) atoms. The van der Waals surface area contributed by atoms with Gasteiger partial charge in [0.05, 0.1) is 17.3 Å². The standard InChI is InChI=1S/C13H16FN5/c1-6-5-8-10-9(12(14)19(4)17-10)7(2)18(3)11(8)13(15)16-6/h5,7H,1-4H3,(H2,15,16). The Morgan fingerprint density at radius 2 is 2.05 bits per heavy atom. The first-order valence-electron chi connectivity index (χ1n) is 6.14. The molecule has 1 aliphatic rings. The average molecular weight is 261 g/mol. The third-order valence-corrected chi connectivity index (χ3v) is 3.77. The second kappa shape index (κ2) is 3.69. The van der Waals surface area contributed by atoms with Crippen molar-refractivity contribution in [1.82, 2.24) is 14.8 Å². The largest absolute Gasteiger partial charge is 0.382 e. The summed E-state index contributed by atoms with van der Waals surface area (Å²) < 4.78 is 15.5. The molecule has 0 aliphatic carbocycles. The van der Waals surface area contributed by atoms with Crippen LogP contribution in [0.4, 0.5) is 15.9 Å². The van der Waals surface area contributed by atoms with Gasteiger partial charge in [0.25, 0.3) is 0 Å². The second-order valence-electron chi connectivity index (χ2n) is 5.01. The lowest BCUT2D eigenvalue weighted by molar-refractivity contribution is 0.487. The van der Waals surface area contributed by atoms with Crippen molar-refractivity contribution in [2.24, 2.45) is 7.05 Å². The topological polar surface area (TPSA) is 60.0 Å². The molecular formula is C13H16FN5. The molecule has 1 unspecified atom stereocenters. The molecule has 1 aliphatic heterocycles. The van der Waals surface area contributed by atoms with E-state index in [1.54, 1.807) is 7.05 Å². The first kappa shape index (κ1) is 12.0. The van der Waals surface area contributed by atoms with E-state index in [9.17, 15) is 4.39 Å². The van der Waals surface area contributed by atoms with Crippen LogP contribution in [0.5, 0.6) is 0 Å². The molecule has 2 aromatic rings. The first-order valence-corrected chi connectivity index (χ1v) is 6.14. The van der Waals surface area contributed by atoms with Crippen LogP contribution in [0.2, 0.25) is 0 Å². The number of hydrogen-bond acceptors (Lipinski definition) is 4. The minimum atomic E-state index is -0.298. The van der Waals surface area contributed by atoms with Crippen LogP contribution in [0.25, 0.3) is 11.3 Å². The van der Waals surface area contributed by atoms with Gasteiger partial charge in [-0.15, -0.1) is 0 Å². The molecule has 0 saturated heterocycles. The molecule has 0 radical (unpaired) electrons. The Morgan fingerprint density at radius 1 is 1.37 bits per heavy atom. The predicted molar refractivity (Wildman–Crippen MR) is 72.4 cm³/mol. The van der Waals surface area contributed by atoms with Crippen molar-refractivity contribution in [3.8, 4) is 11.3 Å². The summed E-state index contributed by atoms with van der Waals surface area (Å²) in [6.45, 7) is 3.81. The van der Waals surface area contributed by atoms with E-state index in [0.717, 1.165) is 16.9 Å². The molecule has 100 valence electrons. The van der Waals surface area contributed by atoms with Gasteiger partial charge in [-0.05, 0) is 19.9 Å². The summed E-state index contributed by atoms with van der Waals surface area (Å²) in [4.78, 5) is 6.23. The lowest BCUT2D eigenvalue weighted by atomic mass is 9.95. The number of halogens is 1. The summed E-state index contributed by atoms with van der Waals surface area (Å²) in [6, 6.07) is 1.78. The van der Waals surface area contributed by atoms with E-state index in [-0.39, 0.29) is 12.0 Å². The molecule has 3 heterocycles. The third-order valence-electron chi connectivity index (χ3n) is 3.77. The number of aryl methyl sites for hydroxylation is 2. The zero-order valence-electron chi connectivity index (χ0n) is 11.4. The van der Waals surface area contributed by atoms with Crippen LogP contribution in [0.3, 0.4) is 0 Å². The zero-order valence-corrected chi connectivity index (χ0v) is 11.4. The molecule has 3 rings (SSSR count). The SMILES string of the molecule is Cc1cc2c(c(N)n1)N(C)C(C)c1c-2nn(C)c1F. The molecule has 1 atom stereocenters. The van der Waals surface area contributed by atoms with Gasteiger partial charge in [-0.25, -0.2) is 9.67 Å². The summed E-state index contributed by atoms with van der Waals surface area (Å²) in [7, 11) is 3.50. The highest BCUT2D eigenvalue weighted by atomic mass is 19.1. The number of rotatable bonds is 0. The van der Waals surface area contributed by atoms with Crippen LogP contribution >= 0.6 is 0 Å². The van der Waals surface area contributed by atoms with Crippen molar-refractivity contribution >= 4 is 11.5 Å². The summed E-state index contributed by atoms with van der Waals surface area (Å²) in [5.41, 5.74) is 9.77. The monoisotopic (exact) mass is 261 g/mol. The fourth-order valence-electron chi connectivity index (χ4n) is 2.72. The highest BCUT2D eigenvalue weighted by Gasteiger charge is 2.34. The van der Waals surface area contributed by atoms with Gasteiger partial charge >= 0.3 is 0 Å². The lowest BCUT2D eigenvalue weighted by Gasteiger charge is -2.33. The van der Waals surface area contributed by atoms with Gasteiger partial charge in [-0.2, -0.15) is 9.49 Å². The molecule has 0 bridgehead atoms. The number of fused-ring (bicyclic) bond motifs is 3. The quantitative estimate of drug-likeness (QED) is 0.788. The van der Waals surface area contributed by atoms with Gasteiger partial charge in [0, 0.05) is 25.4 Å². The smallest absolute Gasteiger partial charge is 0.217 e. The average Bonchev–Trinajstić information content (AvgIpc) is 2.62. The summed E-state index contributed by atoms with van der Waals surface area (Å²) >= 11 is 0. The van der Waals surface area contributed by atoms with Crippen molar-refractivity contribution < 1.29 is 4.39 Å². The molecule has 0 amide bonds. The molecule has 2 aromatic heterocycles. The maximum atomic E-state index is 14.2. The van der Waals surface area contributed by atoms with E-state index in [1.807, 2.05) is 31.9 Å². The minimum Gasteiger partial charge on any atom is -0.382 e. The zero-order chi connectivity index (χ0) is 13.9. The molecule has 0 spiro atoms. The van der Waals surface area contributed by atoms with Gasteiger partial charge in [0.15, 0.2) is 0 Å². The van der Waals surface area contributed by atoms with Crippen LogP contribution in [0.1, 0.15) is 24.2 Å². The van der Waals surface area contributed by atoms with Gasteiger partial charge in [0.1, 0.15) is 11.5 Å². The van der Waals surface area contributed by atoms with Crippen molar-refractivity contribution in [3.63, 3.8) is 0 Å². The van der Waals surface area contributed by atoms with Gasteiger partial charge < -0.3 is 10.6 Å². The highest BCUT2D eigenvalue weighted by Crippen LogP contribution is 2.46. The van der Waals surface area contributed by atoms with Crippen LogP contribution in [0, 0.1) is 12.9 Å². The Labute approximate surface area is 110 Å². The lowest BCUT2D eigenvalue weighted by Crippen LogP contribution is -2.28. The summed E-state index contributed by atoms with van der Waals surface area (Å²) in [5.74, 6) is 0.161. The molecular weight excluding hydrogens is 245 g/mol. The van der Waals surface area contributed by atoms with E-state index >= 15 is 0 Å². The second-order valence-corrected chi connectivity index (χ2v) is 5.01. The van der Waals surface area contributed by atoms with Crippen LogP contribution in [-0.4, -0.2) is 21.8 Å². The molecule has 5 nitrogen and oxygen atoms in total. The van der Waals surface area contributed by atoms with Gasteiger partial charge in [-0.3, -0.25) is 0 Å². The maximum Gasteiger partial charge on any atom is 0.217 e. The number of pyridine rings is 1. The number of anilines is 2. The summed E-state index contributed by atoms with van der Waals surface area (Å²) in [6.07, 6.45) is 0. The van der Waals surface area contributed by atoms with E-state index < -0.39 is 0 Å². The molecule has 0 aromatic carbocycles. The van der Waals surface area contributed by atoms with Crippen LogP contribution in [0.15, 0.2) is 6.07 Å². The number of nitrogens with two attached hydrogens (primary N) is 1. The van der Waals surface area contributed by atoms with Crippen LogP contribution in [-0.2, 0) is 7.05 Å². The Hall–Kier alpha value is -2.11. The van der Waals surface area contributed by atoms with E-state index in [1.165, 1.54) is 4.68 Å². The number of aromatic nitrogens is 3. The van der Waals surface area contributed by atoms with Crippen LogP contribution < -0.4 is 10.6 Å². The Balaban J connectivity index is 2.40. The molecule has 0 saturated carbocycles. The first-order chi connectivity index (χ1) is 8.91. The van der Waals surface area contributed by atoms with E-state index in [2.05, 4.69) is 10.1 Å². The van der Waals surface area contributed by atoms with Crippen molar-refractivity contribution in [1.29, 1.82) is 0 Å². The highest BCUT2D eigenvalue weighted by molar-refractivity contribution is 5.88. The fraction of sp³-hybridized carbons (Fsp3) is 0.385. The molecule has 0 fully saturated rings. The molecule has 2 N–H and O–H groups in total. The Kier molecular flexibility index (Phi) is 2.32. The number of nitrogen functional groups attached to an aromatic ring is 1. The summed E-state index contributed by atoms with van der Waals surface area (Å²) in [5, 5.41) is 4.29. The van der Waals surface area contributed by atoms with E-state index in [0.29, 0.717) is 17.1 Å². The van der Waals surface area contributed by atoms with Gasteiger partial charge in [-0.1, -0.05) is 0 Å². The van der Waals surface area contributed by atoms with E-state index in [4.69, 9.17) is 5.73 Å². The maximum absolute atomic E-state index is 14.2. The van der Waals surface area contributed by atoms with Gasteiger partial charge in [0.2, 0.25) is 5.95 Å². The number of nitrogens with zero attached hydrogens (tertiary/aromatic N) is 4. The van der Waals surface area contributed by atoms with Crippen molar-refractivity contribution in [2.75, 3.05) is 17.7 Å². The van der Waals surface area contributed by atoms with Crippen molar-refractivity contribution in [2.45, 2.75) is 19.9 Å². The fourth-order valence-corrected chi connectivity index (χ4v) is 2.72. The minimum absolute atomic E-state index is 0.122. The number of hydrogen-bond donors (Lipinski definition) is 1. The molecule has 6 heteroatoms. The Bertz CT molecular complexity index is 676. The third kappa shape index (κ3) is 1.46. The normalized spacial score (nSPS) is 17.3.